The third kappa shape index (κ3) is 41.8. The van der Waals surface area contributed by atoms with Crippen LogP contribution in [-0.4, -0.2) is 92.5 Å². The molecule has 0 saturated heterocycles. The molecule has 0 aromatic rings. The van der Waals surface area contributed by atoms with Crippen LogP contribution >= 0.6 is 7.82 Å². The lowest BCUT2D eigenvalue weighted by Gasteiger charge is -2.28. The quantitative estimate of drug-likeness (QED) is 0.0153. The summed E-state index contributed by atoms with van der Waals surface area (Å²) in [6.07, 6.45) is 42.5. The smallest absolute Gasteiger partial charge is 0.306 e. The maximum atomic E-state index is 12.7. The van der Waals surface area contributed by atoms with Gasteiger partial charge in [0.15, 0.2) is 6.10 Å². The standard InChI is InChI=1S/C48H82NO10P/c1-6-8-10-11-12-13-14-15-16-17-18-19-20-21-25-28-32-38-48(53)59-46(43-58-60(54,55)57-41-40-49(3,4)5)42-56-47(52)39-33-37-45(51)36-31-27-24-22-23-26-30-35-44(50)34-29-9-7-2/h12-13,15-16,18-19,23-24,26-27,30-31,35-36,44-46,50-51H,6-11,14,17,20-22,25,28-29,32-34,37-43H2,1-5H3/b13-12-,16-15-,19-18-,26-23-,27-24-,35-30+,36-31+/t44-,45-,46+/m0/s1. The van der Waals surface area contributed by atoms with Gasteiger partial charge in [0.1, 0.15) is 19.8 Å². The van der Waals surface area contributed by atoms with Crippen molar-refractivity contribution >= 4 is 19.8 Å². The van der Waals surface area contributed by atoms with E-state index in [2.05, 4.69) is 50.3 Å². The number of aliphatic hydroxyl groups is 2. The molecule has 2 N–H and O–H groups in total. The van der Waals surface area contributed by atoms with E-state index in [9.17, 15) is 29.3 Å². The molecule has 0 radical (unpaired) electrons. The van der Waals surface area contributed by atoms with Crippen LogP contribution in [-0.2, 0) is 32.7 Å². The molecule has 4 atom stereocenters. The number of hydrogen-bond donors (Lipinski definition) is 2. The van der Waals surface area contributed by atoms with Gasteiger partial charge >= 0.3 is 11.9 Å². The van der Waals surface area contributed by atoms with Crippen LogP contribution in [0.5, 0.6) is 0 Å². The predicted molar refractivity (Wildman–Crippen MR) is 243 cm³/mol. The summed E-state index contributed by atoms with van der Waals surface area (Å²) in [5, 5.41) is 20.2. The van der Waals surface area contributed by atoms with Gasteiger partial charge in [0.05, 0.1) is 40.0 Å². The average molecular weight is 864 g/mol. The molecular formula is C48H82NO10P. The zero-order valence-corrected chi connectivity index (χ0v) is 38.7. The highest BCUT2D eigenvalue weighted by Gasteiger charge is 2.22. The van der Waals surface area contributed by atoms with Crippen LogP contribution in [0, 0.1) is 0 Å². The molecule has 0 aliphatic carbocycles. The van der Waals surface area contributed by atoms with Gasteiger partial charge in [-0.25, -0.2) is 0 Å². The molecule has 1 unspecified atom stereocenters. The zero-order chi connectivity index (χ0) is 44.6. The molecule has 0 heterocycles. The summed E-state index contributed by atoms with van der Waals surface area (Å²) in [6.45, 7) is 3.78. The molecule has 0 amide bonds. The number of hydrogen-bond acceptors (Lipinski definition) is 10. The van der Waals surface area contributed by atoms with Crippen LogP contribution in [0.25, 0.3) is 0 Å². The van der Waals surface area contributed by atoms with Gasteiger partial charge in [-0.05, 0) is 70.6 Å². The number of likely N-dealkylation sites (N-methyl/N-ethyl adjacent to an activating group) is 1. The number of carbonyl (C=O) groups excluding carboxylic acids is 2. The summed E-state index contributed by atoms with van der Waals surface area (Å²) < 4.78 is 33.7. The van der Waals surface area contributed by atoms with Gasteiger partial charge in [-0.2, -0.15) is 0 Å². The summed E-state index contributed by atoms with van der Waals surface area (Å²) >= 11 is 0. The topological polar surface area (TPSA) is 152 Å². The number of phosphoric acid groups is 1. The van der Waals surface area contributed by atoms with E-state index in [1.807, 2.05) is 51.5 Å². The Labute approximate surface area is 364 Å². The predicted octanol–water partition coefficient (Wildman–Crippen LogP) is 10.1. The number of unbranched alkanes of at least 4 members (excludes halogenated alkanes) is 9. The maximum absolute atomic E-state index is 12.7. The summed E-state index contributed by atoms with van der Waals surface area (Å²) in [6, 6.07) is 0. The normalized spacial score (nSPS) is 15.4. The van der Waals surface area contributed by atoms with Crippen LogP contribution in [0.15, 0.2) is 85.1 Å². The first-order valence-electron chi connectivity index (χ1n) is 22.5. The lowest BCUT2D eigenvalue weighted by atomic mass is 10.1. The highest BCUT2D eigenvalue weighted by molar-refractivity contribution is 7.45. The Balaban J connectivity index is 4.64. The van der Waals surface area contributed by atoms with Crippen molar-refractivity contribution in [3.63, 3.8) is 0 Å². The molecule has 0 aliphatic rings. The molecule has 0 aromatic heterocycles. The molecular weight excluding hydrogens is 781 g/mol. The molecule has 344 valence electrons. The van der Waals surface area contributed by atoms with Crippen molar-refractivity contribution in [2.75, 3.05) is 47.5 Å². The van der Waals surface area contributed by atoms with E-state index in [1.54, 1.807) is 18.2 Å². The molecule has 12 heteroatoms. The van der Waals surface area contributed by atoms with E-state index in [0.717, 1.165) is 70.6 Å². The number of ether oxygens (including phenoxy) is 2. The Morgan fingerprint density at radius 2 is 1.13 bits per heavy atom. The lowest BCUT2D eigenvalue weighted by Crippen LogP contribution is -2.37. The Hall–Kier alpha value is -2.89. The van der Waals surface area contributed by atoms with Crippen LogP contribution in [0.2, 0.25) is 0 Å². The second-order valence-corrected chi connectivity index (χ2v) is 17.5. The largest absolute Gasteiger partial charge is 0.756 e. The summed E-state index contributed by atoms with van der Waals surface area (Å²) in [5.74, 6) is -1.10. The number of allylic oxidation sites excluding steroid dienone is 12. The number of carbonyl (C=O) groups is 2. The van der Waals surface area contributed by atoms with Crippen LogP contribution in [0.3, 0.4) is 0 Å². The first kappa shape index (κ1) is 57.1. The van der Waals surface area contributed by atoms with Gasteiger partial charge in [-0.15, -0.1) is 0 Å². The first-order valence-corrected chi connectivity index (χ1v) is 24.0. The van der Waals surface area contributed by atoms with E-state index < -0.39 is 44.7 Å². The van der Waals surface area contributed by atoms with Crippen molar-refractivity contribution in [2.24, 2.45) is 0 Å². The summed E-state index contributed by atoms with van der Waals surface area (Å²) in [5.41, 5.74) is 0. The third-order valence-electron chi connectivity index (χ3n) is 9.10. The van der Waals surface area contributed by atoms with Crippen molar-refractivity contribution in [2.45, 2.75) is 161 Å². The molecule has 0 aliphatic heterocycles. The molecule has 0 bridgehead atoms. The molecule has 0 rings (SSSR count). The van der Waals surface area contributed by atoms with Crippen LogP contribution < -0.4 is 4.89 Å². The maximum Gasteiger partial charge on any atom is 0.306 e. The molecule has 11 nitrogen and oxygen atoms in total. The van der Waals surface area contributed by atoms with Crippen LogP contribution in [0.1, 0.15) is 142 Å². The Morgan fingerprint density at radius 3 is 1.73 bits per heavy atom. The van der Waals surface area contributed by atoms with E-state index in [-0.39, 0.29) is 26.1 Å². The fraction of sp³-hybridized carbons (Fsp3) is 0.667. The van der Waals surface area contributed by atoms with E-state index in [1.165, 1.54) is 19.3 Å². The summed E-state index contributed by atoms with van der Waals surface area (Å²) in [4.78, 5) is 37.6. The van der Waals surface area contributed by atoms with Crippen LogP contribution in [0.4, 0.5) is 0 Å². The number of aliphatic hydroxyl groups excluding tert-OH is 2. The number of nitrogens with zero attached hydrogens (tertiary/aromatic N) is 1. The summed E-state index contributed by atoms with van der Waals surface area (Å²) in [7, 11) is 1.01. The fourth-order valence-corrected chi connectivity index (χ4v) is 6.19. The number of phosphoric ester groups is 1. The Morgan fingerprint density at radius 1 is 0.617 bits per heavy atom. The Bertz CT molecular complexity index is 1330. The van der Waals surface area contributed by atoms with Crippen molar-refractivity contribution in [3.8, 4) is 0 Å². The van der Waals surface area contributed by atoms with Gasteiger partial charge in [0.25, 0.3) is 7.82 Å². The third-order valence-corrected chi connectivity index (χ3v) is 10.1. The molecule has 0 saturated carbocycles. The molecule has 0 fully saturated rings. The molecule has 60 heavy (non-hydrogen) atoms. The molecule has 0 aromatic carbocycles. The van der Waals surface area contributed by atoms with E-state index in [4.69, 9.17) is 18.5 Å². The van der Waals surface area contributed by atoms with Gasteiger partial charge in [0.2, 0.25) is 0 Å². The van der Waals surface area contributed by atoms with E-state index >= 15 is 0 Å². The molecule has 0 spiro atoms. The first-order chi connectivity index (χ1) is 28.8. The minimum absolute atomic E-state index is 0.0187. The van der Waals surface area contributed by atoms with Gasteiger partial charge < -0.3 is 38.1 Å². The zero-order valence-electron chi connectivity index (χ0n) is 37.8. The van der Waals surface area contributed by atoms with Gasteiger partial charge in [0, 0.05) is 12.8 Å². The number of quaternary nitrogens is 1. The highest BCUT2D eigenvalue weighted by atomic mass is 31.2. The van der Waals surface area contributed by atoms with Gasteiger partial charge in [-0.3, -0.25) is 14.2 Å². The number of rotatable bonds is 39. The van der Waals surface area contributed by atoms with Crippen molar-refractivity contribution in [1.82, 2.24) is 0 Å². The van der Waals surface area contributed by atoms with Crippen molar-refractivity contribution < 1.29 is 52.3 Å². The SMILES string of the molecule is CCCCC/C=C\C/C=C\C/C=C\CCCCCCC(=O)O[C@H](COC(=O)CCC[C@@H](O)/C=C/C=C\C/C=C\C=C\[C@@H](O)CCCCC)COP(=O)([O-])OCC[N+](C)(C)C. The minimum Gasteiger partial charge on any atom is -0.756 e. The monoisotopic (exact) mass is 864 g/mol. The van der Waals surface area contributed by atoms with E-state index in [0.29, 0.717) is 36.7 Å². The average Bonchev–Trinajstić information content (AvgIpc) is 3.19. The minimum atomic E-state index is -4.69. The second kappa shape index (κ2) is 39.0. The Kier molecular flexibility index (Phi) is 37.1. The van der Waals surface area contributed by atoms with Gasteiger partial charge in [-0.1, -0.05) is 144 Å². The highest BCUT2D eigenvalue weighted by Crippen LogP contribution is 2.38. The second-order valence-electron chi connectivity index (χ2n) is 16.1. The lowest BCUT2D eigenvalue weighted by molar-refractivity contribution is -0.870. The number of esters is 2. The van der Waals surface area contributed by atoms with Crippen molar-refractivity contribution in [1.29, 1.82) is 0 Å². The van der Waals surface area contributed by atoms with Crippen molar-refractivity contribution in [3.05, 3.63) is 85.1 Å². The fourth-order valence-electron chi connectivity index (χ4n) is 5.46.